The molecule has 3 N–H and O–H groups in total. The van der Waals surface area contributed by atoms with E-state index in [-0.39, 0.29) is 18.7 Å². The lowest BCUT2D eigenvalue weighted by Crippen LogP contribution is -2.53. The monoisotopic (exact) mass is 581 g/mol. The Bertz CT molecular complexity index is 1550. The summed E-state index contributed by atoms with van der Waals surface area (Å²) in [6.07, 6.45) is 0.0435. The number of alkyl carbamates (subject to hydrolysis) is 1. The maximum absolute atomic E-state index is 14.4. The lowest BCUT2D eigenvalue weighted by atomic mass is 9.99. The summed E-state index contributed by atoms with van der Waals surface area (Å²) in [6.45, 7) is 7.42. The minimum absolute atomic E-state index is 0.0411. The predicted octanol–water partition coefficient (Wildman–Crippen LogP) is 6.60. The van der Waals surface area contributed by atoms with Crippen LogP contribution < -0.4 is 10.6 Å². The van der Waals surface area contributed by atoms with Gasteiger partial charge in [-0.2, -0.15) is 0 Å². The van der Waals surface area contributed by atoms with E-state index in [0.29, 0.717) is 17.7 Å². The van der Waals surface area contributed by atoms with Gasteiger partial charge in [0.2, 0.25) is 5.91 Å². The van der Waals surface area contributed by atoms with Crippen molar-refractivity contribution in [3.05, 3.63) is 108 Å². The molecule has 0 aliphatic rings. The normalized spacial score (nSPS) is 12.7. The van der Waals surface area contributed by atoms with E-state index in [1.807, 2.05) is 79.7 Å². The number of benzene rings is 4. The van der Waals surface area contributed by atoms with Crippen LogP contribution in [0.2, 0.25) is 0 Å². The van der Waals surface area contributed by atoms with Crippen LogP contribution in [0.3, 0.4) is 0 Å². The van der Waals surface area contributed by atoms with Crippen LogP contribution in [-0.4, -0.2) is 46.1 Å². The fraction of sp³-hybridized carbons (Fsp3) is 0.286. The molecule has 2 unspecified atom stereocenters. The zero-order chi connectivity index (χ0) is 31.0. The molecular formula is C35H39N3O5. The van der Waals surface area contributed by atoms with Crippen LogP contribution in [0.25, 0.3) is 10.8 Å². The Labute approximate surface area is 252 Å². The summed E-state index contributed by atoms with van der Waals surface area (Å²) in [5, 5.41) is 17.7. The molecule has 4 aromatic carbocycles. The highest BCUT2D eigenvalue weighted by molar-refractivity contribution is 6.00. The second-order valence-corrected chi connectivity index (χ2v) is 11.5. The topological polar surface area (TPSA) is 108 Å². The Kier molecular flexibility index (Phi) is 10.0. The van der Waals surface area contributed by atoms with E-state index in [1.165, 1.54) is 17.0 Å². The molecule has 2 atom stereocenters. The molecule has 0 spiro atoms. The minimum atomic E-state index is -1.04. The molecule has 43 heavy (non-hydrogen) atoms. The van der Waals surface area contributed by atoms with Gasteiger partial charge in [0.25, 0.3) is 5.91 Å². The average molecular weight is 582 g/mol. The Morgan fingerprint density at radius 1 is 0.860 bits per heavy atom. The predicted molar refractivity (Wildman–Crippen MR) is 169 cm³/mol. The Morgan fingerprint density at radius 3 is 2.16 bits per heavy atom. The zero-order valence-electron chi connectivity index (χ0n) is 25.0. The van der Waals surface area contributed by atoms with Gasteiger partial charge in [-0.15, -0.1) is 0 Å². The first-order chi connectivity index (χ1) is 20.5. The van der Waals surface area contributed by atoms with Crippen LogP contribution in [0.15, 0.2) is 97.1 Å². The summed E-state index contributed by atoms with van der Waals surface area (Å²) in [5.74, 6) is -0.804. The second kappa shape index (κ2) is 13.9. The van der Waals surface area contributed by atoms with E-state index in [2.05, 4.69) is 10.6 Å². The molecule has 0 aliphatic heterocycles. The summed E-state index contributed by atoms with van der Waals surface area (Å²) in [6, 6.07) is 27.0. The minimum Gasteiger partial charge on any atom is -0.508 e. The van der Waals surface area contributed by atoms with Gasteiger partial charge < -0.3 is 25.4 Å². The fourth-order valence-corrected chi connectivity index (χ4v) is 4.91. The molecule has 0 saturated carbocycles. The van der Waals surface area contributed by atoms with Crippen molar-refractivity contribution in [2.75, 3.05) is 11.9 Å². The number of ether oxygens (including phenoxy) is 1. The molecular weight excluding hydrogens is 542 g/mol. The van der Waals surface area contributed by atoms with Gasteiger partial charge >= 0.3 is 6.09 Å². The molecule has 4 rings (SSSR count). The number of amides is 3. The quantitative estimate of drug-likeness (QED) is 0.196. The first-order valence-electron chi connectivity index (χ1n) is 14.5. The molecule has 0 radical (unpaired) electrons. The lowest BCUT2D eigenvalue weighted by molar-refractivity contribution is -0.140. The molecule has 4 aromatic rings. The third-order valence-electron chi connectivity index (χ3n) is 6.81. The highest BCUT2D eigenvalue weighted by atomic mass is 16.6. The van der Waals surface area contributed by atoms with Crippen molar-refractivity contribution in [2.24, 2.45) is 0 Å². The number of aromatic hydroxyl groups is 1. The number of carbonyl (C=O) groups excluding carboxylic acids is 3. The summed E-state index contributed by atoms with van der Waals surface area (Å²) in [7, 11) is 0. The highest BCUT2D eigenvalue weighted by Crippen LogP contribution is 2.28. The van der Waals surface area contributed by atoms with Crippen LogP contribution in [0.1, 0.15) is 51.3 Å². The van der Waals surface area contributed by atoms with Gasteiger partial charge in [0.1, 0.15) is 23.4 Å². The smallest absolute Gasteiger partial charge is 0.408 e. The first-order valence-corrected chi connectivity index (χ1v) is 14.5. The molecule has 0 aromatic heterocycles. The molecule has 0 fully saturated rings. The summed E-state index contributed by atoms with van der Waals surface area (Å²) < 4.78 is 5.49. The number of phenolic OH excluding ortho intramolecular Hbond substituents is 1. The van der Waals surface area contributed by atoms with E-state index >= 15 is 0 Å². The molecule has 8 nitrogen and oxygen atoms in total. The van der Waals surface area contributed by atoms with E-state index < -0.39 is 35.6 Å². The van der Waals surface area contributed by atoms with Crippen molar-refractivity contribution in [1.82, 2.24) is 10.2 Å². The van der Waals surface area contributed by atoms with Crippen LogP contribution in [-0.2, 0) is 20.7 Å². The molecule has 3 amide bonds. The van der Waals surface area contributed by atoms with Gasteiger partial charge in [-0.05, 0) is 73.4 Å². The van der Waals surface area contributed by atoms with Crippen LogP contribution in [0.4, 0.5) is 10.5 Å². The van der Waals surface area contributed by atoms with Gasteiger partial charge in [0.05, 0.1) is 0 Å². The van der Waals surface area contributed by atoms with Gasteiger partial charge in [-0.1, -0.05) is 79.7 Å². The lowest BCUT2D eigenvalue weighted by Gasteiger charge is -2.34. The Morgan fingerprint density at radius 2 is 1.51 bits per heavy atom. The highest BCUT2D eigenvalue weighted by Gasteiger charge is 2.36. The van der Waals surface area contributed by atoms with Crippen molar-refractivity contribution < 1.29 is 24.2 Å². The number of nitrogens with zero attached hydrogens (tertiary/aromatic N) is 1. The van der Waals surface area contributed by atoms with Gasteiger partial charge in [-0.3, -0.25) is 9.59 Å². The second-order valence-electron chi connectivity index (χ2n) is 11.5. The number of phenols is 1. The zero-order valence-corrected chi connectivity index (χ0v) is 25.0. The molecule has 0 saturated heterocycles. The molecule has 0 bridgehead atoms. The van der Waals surface area contributed by atoms with Crippen LogP contribution in [0, 0.1) is 0 Å². The standard InChI is InChI=1S/C35H39N3O5/c1-5-21-38(33(41)30(22-24-11-7-6-8-12-24)37-34(42)43-35(2,3)4)31(26-16-19-29(39)20-17-26)32(40)36-28-18-15-25-13-9-10-14-27(25)23-28/h6-20,23,30-31,39H,5,21-22H2,1-4H3,(H,36,40)(H,37,42). The van der Waals surface area contributed by atoms with E-state index in [9.17, 15) is 19.5 Å². The Balaban J connectivity index is 1.71. The molecule has 0 aliphatic carbocycles. The SMILES string of the molecule is CCCN(C(=O)C(Cc1ccccc1)NC(=O)OC(C)(C)C)C(C(=O)Nc1ccc2ccccc2c1)c1ccc(O)cc1. The van der Waals surface area contributed by atoms with Crippen molar-refractivity contribution in [1.29, 1.82) is 0 Å². The van der Waals surface area contributed by atoms with Crippen LogP contribution in [0.5, 0.6) is 5.75 Å². The number of anilines is 1. The van der Waals surface area contributed by atoms with Gasteiger partial charge in [0.15, 0.2) is 0 Å². The van der Waals surface area contributed by atoms with E-state index in [1.54, 1.807) is 32.9 Å². The maximum atomic E-state index is 14.4. The van der Waals surface area contributed by atoms with Crippen molar-refractivity contribution in [3.63, 3.8) is 0 Å². The molecule has 224 valence electrons. The number of hydrogen-bond donors (Lipinski definition) is 3. The van der Waals surface area contributed by atoms with Gasteiger partial charge in [-0.25, -0.2) is 4.79 Å². The van der Waals surface area contributed by atoms with Gasteiger partial charge in [0, 0.05) is 18.7 Å². The van der Waals surface area contributed by atoms with Crippen LogP contribution >= 0.6 is 0 Å². The van der Waals surface area contributed by atoms with E-state index in [0.717, 1.165) is 16.3 Å². The number of rotatable bonds is 10. The first kappa shape index (κ1) is 31.1. The number of carbonyl (C=O) groups is 3. The molecule has 8 heteroatoms. The largest absolute Gasteiger partial charge is 0.508 e. The Hall–Kier alpha value is -4.85. The van der Waals surface area contributed by atoms with Crippen molar-refractivity contribution in [2.45, 2.75) is 58.2 Å². The number of nitrogens with one attached hydrogen (secondary N) is 2. The average Bonchev–Trinajstić information content (AvgIpc) is 2.96. The number of fused-ring (bicyclic) bond motifs is 1. The van der Waals surface area contributed by atoms with Crippen molar-refractivity contribution in [3.8, 4) is 5.75 Å². The fourth-order valence-electron chi connectivity index (χ4n) is 4.91. The summed E-state index contributed by atoms with van der Waals surface area (Å²) in [5.41, 5.74) is 1.19. The third-order valence-corrected chi connectivity index (χ3v) is 6.81. The third kappa shape index (κ3) is 8.58. The summed E-state index contributed by atoms with van der Waals surface area (Å²) in [4.78, 5) is 42.8. The maximum Gasteiger partial charge on any atom is 0.408 e. The van der Waals surface area contributed by atoms with E-state index in [4.69, 9.17) is 4.74 Å². The molecule has 0 heterocycles. The number of hydrogen-bond acceptors (Lipinski definition) is 5. The van der Waals surface area contributed by atoms with Crippen molar-refractivity contribution >= 4 is 34.4 Å². The summed E-state index contributed by atoms with van der Waals surface area (Å²) >= 11 is 0.